The summed E-state index contributed by atoms with van der Waals surface area (Å²) in [5, 5.41) is 13.7. The first-order valence-electron chi connectivity index (χ1n) is 7.18. The molecule has 0 amide bonds. The topological polar surface area (TPSA) is 57.6 Å². The number of hydrogen-bond donors (Lipinski definition) is 2. The molecule has 2 heterocycles. The van der Waals surface area contributed by atoms with Gasteiger partial charge in [0, 0.05) is 45.7 Å². The van der Waals surface area contributed by atoms with Crippen molar-refractivity contribution in [3.05, 3.63) is 24.0 Å². The average molecular weight is 279 g/mol. The highest BCUT2D eigenvalue weighted by Crippen LogP contribution is 2.24. The fourth-order valence-electron chi connectivity index (χ4n) is 2.47. The number of nitrogens with zero attached hydrogens (tertiary/aromatic N) is 2. The summed E-state index contributed by atoms with van der Waals surface area (Å²) in [6.07, 6.45) is 3.26. The highest BCUT2D eigenvalue weighted by Gasteiger charge is 2.31. The summed E-state index contributed by atoms with van der Waals surface area (Å²) in [4.78, 5) is 6.54. The largest absolute Gasteiger partial charge is 0.388 e. The summed E-state index contributed by atoms with van der Waals surface area (Å²) in [5.74, 6) is 0. The molecule has 0 aliphatic carbocycles. The van der Waals surface area contributed by atoms with E-state index in [-0.39, 0.29) is 6.04 Å². The maximum absolute atomic E-state index is 10.5. The first-order valence-corrected chi connectivity index (χ1v) is 7.18. The lowest BCUT2D eigenvalue weighted by Gasteiger charge is -2.36. The van der Waals surface area contributed by atoms with Gasteiger partial charge >= 0.3 is 0 Å². The van der Waals surface area contributed by atoms with Gasteiger partial charge in [-0.05, 0) is 26.1 Å². The monoisotopic (exact) mass is 279 g/mol. The van der Waals surface area contributed by atoms with Gasteiger partial charge in [-0.1, -0.05) is 0 Å². The lowest BCUT2D eigenvalue weighted by Crippen LogP contribution is -2.45. The molecule has 0 radical (unpaired) electrons. The van der Waals surface area contributed by atoms with Crippen LogP contribution in [0.3, 0.4) is 0 Å². The van der Waals surface area contributed by atoms with Crippen molar-refractivity contribution in [1.29, 1.82) is 0 Å². The van der Waals surface area contributed by atoms with Gasteiger partial charge in [-0.25, -0.2) is 0 Å². The van der Waals surface area contributed by atoms with E-state index < -0.39 is 5.60 Å². The van der Waals surface area contributed by atoms with E-state index in [0.29, 0.717) is 32.6 Å². The SMILES string of the molecule is CNC(C)c1ccc(N(C)CC2(O)CCOCC2)cn1. The number of anilines is 1. The van der Waals surface area contributed by atoms with Crippen molar-refractivity contribution in [2.45, 2.75) is 31.4 Å². The summed E-state index contributed by atoms with van der Waals surface area (Å²) in [5.41, 5.74) is 1.40. The second-order valence-electron chi connectivity index (χ2n) is 5.64. The first-order chi connectivity index (χ1) is 9.54. The fourth-order valence-corrected chi connectivity index (χ4v) is 2.47. The quantitative estimate of drug-likeness (QED) is 0.852. The third-order valence-corrected chi connectivity index (χ3v) is 4.04. The van der Waals surface area contributed by atoms with E-state index in [2.05, 4.69) is 28.2 Å². The molecule has 20 heavy (non-hydrogen) atoms. The summed E-state index contributed by atoms with van der Waals surface area (Å²) in [7, 11) is 3.92. The third-order valence-electron chi connectivity index (χ3n) is 4.04. The van der Waals surface area contributed by atoms with Gasteiger partial charge in [0.25, 0.3) is 0 Å². The third kappa shape index (κ3) is 3.69. The number of rotatable bonds is 5. The van der Waals surface area contributed by atoms with Crippen LogP contribution in [-0.4, -0.2) is 49.5 Å². The maximum Gasteiger partial charge on any atom is 0.0865 e. The number of hydrogen-bond acceptors (Lipinski definition) is 5. The van der Waals surface area contributed by atoms with Crippen molar-refractivity contribution in [2.75, 3.05) is 38.8 Å². The minimum absolute atomic E-state index is 0.244. The van der Waals surface area contributed by atoms with Crippen LogP contribution in [0.4, 0.5) is 5.69 Å². The van der Waals surface area contributed by atoms with Crippen LogP contribution in [0.15, 0.2) is 18.3 Å². The highest BCUT2D eigenvalue weighted by molar-refractivity contribution is 5.44. The Morgan fingerprint density at radius 3 is 2.70 bits per heavy atom. The zero-order valence-electron chi connectivity index (χ0n) is 12.6. The number of pyridine rings is 1. The number of ether oxygens (including phenoxy) is 1. The smallest absolute Gasteiger partial charge is 0.0865 e. The van der Waals surface area contributed by atoms with E-state index in [1.165, 1.54) is 0 Å². The molecule has 5 heteroatoms. The van der Waals surface area contributed by atoms with Crippen LogP contribution in [0.2, 0.25) is 0 Å². The second kappa shape index (κ2) is 6.52. The molecule has 2 rings (SSSR count). The molecule has 0 bridgehead atoms. The Hall–Kier alpha value is -1.17. The van der Waals surface area contributed by atoms with Crippen LogP contribution in [-0.2, 0) is 4.74 Å². The van der Waals surface area contributed by atoms with E-state index in [1.54, 1.807) is 0 Å². The van der Waals surface area contributed by atoms with E-state index in [9.17, 15) is 5.11 Å². The molecule has 1 aliphatic rings. The molecule has 112 valence electrons. The summed E-state index contributed by atoms with van der Waals surface area (Å²) >= 11 is 0. The molecule has 1 aromatic rings. The Kier molecular flexibility index (Phi) is 4.96. The van der Waals surface area contributed by atoms with E-state index in [0.717, 1.165) is 11.4 Å². The van der Waals surface area contributed by atoms with Crippen LogP contribution < -0.4 is 10.2 Å². The first kappa shape index (κ1) is 15.2. The Labute approximate surface area is 121 Å². The number of aromatic nitrogens is 1. The van der Waals surface area contributed by atoms with Crippen molar-refractivity contribution < 1.29 is 9.84 Å². The predicted molar refractivity (Wildman–Crippen MR) is 80.0 cm³/mol. The second-order valence-corrected chi connectivity index (χ2v) is 5.64. The number of nitrogens with one attached hydrogen (secondary N) is 1. The van der Waals surface area contributed by atoms with E-state index >= 15 is 0 Å². The molecule has 1 atom stereocenters. The average Bonchev–Trinajstić information content (AvgIpc) is 2.47. The van der Waals surface area contributed by atoms with Gasteiger partial charge in [0.1, 0.15) is 0 Å². The molecule has 0 spiro atoms. The Bertz CT molecular complexity index is 416. The van der Waals surface area contributed by atoms with Crippen molar-refractivity contribution in [3.8, 4) is 0 Å². The van der Waals surface area contributed by atoms with Crippen LogP contribution in [0.25, 0.3) is 0 Å². The fraction of sp³-hybridized carbons (Fsp3) is 0.667. The van der Waals surface area contributed by atoms with Gasteiger partial charge in [-0.15, -0.1) is 0 Å². The van der Waals surface area contributed by atoms with Crippen LogP contribution in [0, 0.1) is 0 Å². The molecule has 1 fully saturated rings. The molecule has 1 aliphatic heterocycles. The number of likely N-dealkylation sites (N-methyl/N-ethyl adjacent to an activating group) is 1. The Balaban J connectivity index is 2.00. The molecule has 1 saturated heterocycles. The van der Waals surface area contributed by atoms with Crippen LogP contribution >= 0.6 is 0 Å². The van der Waals surface area contributed by atoms with Gasteiger partial charge in [0.2, 0.25) is 0 Å². The Morgan fingerprint density at radius 1 is 1.45 bits per heavy atom. The molecular formula is C15H25N3O2. The molecule has 1 unspecified atom stereocenters. The van der Waals surface area contributed by atoms with Crippen molar-refractivity contribution >= 4 is 5.69 Å². The van der Waals surface area contributed by atoms with E-state index in [1.807, 2.05) is 26.4 Å². The summed E-state index contributed by atoms with van der Waals surface area (Å²) in [6, 6.07) is 4.33. The van der Waals surface area contributed by atoms with Crippen molar-refractivity contribution in [1.82, 2.24) is 10.3 Å². The van der Waals surface area contributed by atoms with Crippen LogP contribution in [0.5, 0.6) is 0 Å². The predicted octanol–water partition coefficient (Wildman–Crippen LogP) is 1.34. The van der Waals surface area contributed by atoms with Gasteiger partial charge < -0.3 is 20.1 Å². The molecule has 0 saturated carbocycles. The maximum atomic E-state index is 10.5. The van der Waals surface area contributed by atoms with Crippen molar-refractivity contribution in [2.24, 2.45) is 0 Å². The minimum atomic E-state index is -0.649. The standard InChI is InChI=1S/C15H25N3O2/c1-12(16-2)14-5-4-13(10-17-14)18(3)11-15(19)6-8-20-9-7-15/h4-5,10,12,16,19H,6-9,11H2,1-3H3. The molecule has 0 aromatic carbocycles. The van der Waals surface area contributed by atoms with E-state index in [4.69, 9.17) is 4.74 Å². The molecular weight excluding hydrogens is 254 g/mol. The molecule has 5 nitrogen and oxygen atoms in total. The number of aliphatic hydroxyl groups is 1. The van der Waals surface area contributed by atoms with Crippen LogP contribution in [0.1, 0.15) is 31.5 Å². The normalized spacial score (nSPS) is 19.6. The van der Waals surface area contributed by atoms with Gasteiger partial charge in [-0.3, -0.25) is 4.98 Å². The Morgan fingerprint density at radius 2 is 2.15 bits per heavy atom. The van der Waals surface area contributed by atoms with Gasteiger partial charge in [-0.2, -0.15) is 0 Å². The lowest BCUT2D eigenvalue weighted by molar-refractivity contribution is -0.0572. The minimum Gasteiger partial charge on any atom is -0.388 e. The highest BCUT2D eigenvalue weighted by atomic mass is 16.5. The zero-order chi connectivity index (χ0) is 14.6. The molecule has 1 aromatic heterocycles. The van der Waals surface area contributed by atoms with Gasteiger partial charge in [0.15, 0.2) is 0 Å². The van der Waals surface area contributed by atoms with Crippen molar-refractivity contribution in [3.63, 3.8) is 0 Å². The lowest BCUT2D eigenvalue weighted by atomic mass is 9.94. The summed E-state index contributed by atoms with van der Waals surface area (Å²) < 4.78 is 5.31. The molecule has 2 N–H and O–H groups in total. The van der Waals surface area contributed by atoms with Gasteiger partial charge in [0.05, 0.1) is 23.2 Å². The summed E-state index contributed by atoms with van der Waals surface area (Å²) in [6.45, 7) is 3.97. The zero-order valence-corrected chi connectivity index (χ0v) is 12.6.